The van der Waals surface area contributed by atoms with E-state index in [1.807, 2.05) is 30.3 Å². The maximum absolute atomic E-state index is 13.0. The standard InChI is InChI=1S/C21H24F3N3O3S/c1-25(16-21(22,23)24)20(28)18-8-5-9-19(14-18)31(29,30)27-12-10-26(11-13-27)15-17-6-3-2-4-7-17/h2-9,14H,10-13,15-16H2,1H3. The summed E-state index contributed by atoms with van der Waals surface area (Å²) in [5.74, 6) is -0.887. The highest BCUT2D eigenvalue weighted by molar-refractivity contribution is 7.89. The van der Waals surface area contributed by atoms with E-state index < -0.39 is 28.7 Å². The van der Waals surface area contributed by atoms with Gasteiger partial charge in [-0.2, -0.15) is 17.5 Å². The van der Waals surface area contributed by atoms with Crippen molar-refractivity contribution < 1.29 is 26.4 Å². The molecule has 1 amide bonds. The lowest BCUT2D eigenvalue weighted by Gasteiger charge is -2.34. The van der Waals surface area contributed by atoms with Crippen LogP contribution in [0.25, 0.3) is 0 Å². The fourth-order valence-electron chi connectivity index (χ4n) is 3.47. The summed E-state index contributed by atoms with van der Waals surface area (Å²) in [6, 6.07) is 15.1. The number of carbonyl (C=O) groups excluding carboxylic acids is 1. The number of hydrogen-bond donors (Lipinski definition) is 0. The molecule has 0 aliphatic carbocycles. The maximum Gasteiger partial charge on any atom is 0.406 e. The fraction of sp³-hybridized carbons (Fsp3) is 0.381. The molecule has 0 atom stereocenters. The van der Waals surface area contributed by atoms with E-state index in [2.05, 4.69) is 4.90 Å². The van der Waals surface area contributed by atoms with Crippen molar-refractivity contribution in [2.24, 2.45) is 0 Å². The van der Waals surface area contributed by atoms with Gasteiger partial charge in [0.1, 0.15) is 6.54 Å². The first-order valence-corrected chi connectivity index (χ1v) is 11.2. The molecule has 6 nitrogen and oxygen atoms in total. The smallest absolute Gasteiger partial charge is 0.333 e. The molecule has 2 aromatic rings. The number of hydrogen-bond acceptors (Lipinski definition) is 4. The highest BCUT2D eigenvalue weighted by Gasteiger charge is 2.32. The summed E-state index contributed by atoms with van der Waals surface area (Å²) in [5, 5.41) is 0. The van der Waals surface area contributed by atoms with E-state index in [1.54, 1.807) is 0 Å². The largest absolute Gasteiger partial charge is 0.406 e. The summed E-state index contributed by atoms with van der Waals surface area (Å²) in [5.41, 5.74) is 1.04. The zero-order chi connectivity index (χ0) is 22.6. The molecule has 3 rings (SSSR count). The molecule has 0 saturated carbocycles. The molecule has 2 aromatic carbocycles. The van der Waals surface area contributed by atoms with Crippen molar-refractivity contribution in [3.63, 3.8) is 0 Å². The normalized spacial score (nSPS) is 16.3. The molecule has 0 bridgehead atoms. The Morgan fingerprint density at radius 3 is 2.26 bits per heavy atom. The first-order valence-electron chi connectivity index (χ1n) is 9.75. The quantitative estimate of drug-likeness (QED) is 0.672. The average molecular weight is 456 g/mol. The van der Waals surface area contributed by atoms with E-state index in [4.69, 9.17) is 0 Å². The minimum absolute atomic E-state index is 0.101. The number of alkyl halides is 3. The fourth-order valence-corrected chi connectivity index (χ4v) is 4.94. The number of carbonyl (C=O) groups is 1. The Morgan fingerprint density at radius 2 is 1.65 bits per heavy atom. The van der Waals surface area contributed by atoms with Crippen LogP contribution in [0.4, 0.5) is 13.2 Å². The zero-order valence-electron chi connectivity index (χ0n) is 17.0. The number of sulfonamides is 1. The average Bonchev–Trinajstić information content (AvgIpc) is 2.73. The molecular weight excluding hydrogens is 431 g/mol. The van der Waals surface area contributed by atoms with Gasteiger partial charge in [0, 0.05) is 45.3 Å². The second-order valence-corrected chi connectivity index (χ2v) is 9.41. The van der Waals surface area contributed by atoms with Crippen LogP contribution in [0.1, 0.15) is 15.9 Å². The molecule has 0 radical (unpaired) electrons. The Hall–Kier alpha value is -2.43. The molecule has 1 aliphatic heterocycles. The van der Waals surface area contributed by atoms with Crippen LogP contribution < -0.4 is 0 Å². The third-order valence-corrected chi connectivity index (χ3v) is 6.96. The molecule has 1 fully saturated rings. The van der Waals surface area contributed by atoms with Crippen molar-refractivity contribution in [1.29, 1.82) is 0 Å². The summed E-state index contributed by atoms with van der Waals surface area (Å²) in [4.78, 5) is 14.9. The van der Waals surface area contributed by atoms with Gasteiger partial charge in [-0.3, -0.25) is 9.69 Å². The van der Waals surface area contributed by atoms with E-state index in [9.17, 15) is 26.4 Å². The third kappa shape index (κ3) is 6.05. The lowest BCUT2D eigenvalue weighted by molar-refractivity contribution is -0.138. The molecule has 0 N–H and O–H groups in total. The van der Waals surface area contributed by atoms with Crippen LogP contribution in [0.3, 0.4) is 0 Å². The molecule has 10 heteroatoms. The van der Waals surface area contributed by atoms with Gasteiger partial charge in [0.2, 0.25) is 10.0 Å². The van der Waals surface area contributed by atoms with Crippen LogP contribution >= 0.6 is 0 Å². The molecule has 1 heterocycles. The van der Waals surface area contributed by atoms with Crippen LogP contribution in [0.5, 0.6) is 0 Å². The molecule has 31 heavy (non-hydrogen) atoms. The lowest BCUT2D eigenvalue weighted by atomic mass is 10.2. The van der Waals surface area contributed by atoms with E-state index in [0.29, 0.717) is 31.1 Å². The molecule has 0 aromatic heterocycles. The van der Waals surface area contributed by atoms with E-state index in [-0.39, 0.29) is 10.5 Å². The molecule has 1 aliphatic rings. The maximum atomic E-state index is 13.0. The second kappa shape index (κ2) is 9.37. The third-order valence-electron chi connectivity index (χ3n) is 5.06. The van der Waals surface area contributed by atoms with Gasteiger partial charge in [0.25, 0.3) is 5.91 Å². The van der Waals surface area contributed by atoms with Crippen molar-refractivity contribution in [2.75, 3.05) is 39.8 Å². The van der Waals surface area contributed by atoms with Gasteiger partial charge in [-0.05, 0) is 23.8 Å². The Bertz CT molecular complexity index is 1010. The molecule has 0 spiro atoms. The summed E-state index contributed by atoms with van der Waals surface area (Å²) in [6.07, 6.45) is -4.53. The number of rotatable bonds is 6. The molecule has 168 valence electrons. The Morgan fingerprint density at radius 1 is 1.00 bits per heavy atom. The Balaban J connectivity index is 1.67. The minimum Gasteiger partial charge on any atom is -0.333 e. The van der Waals surface area contributed by atoms with Crippen molar-refractivity contribution in [1.82, 2.24) is 14.1 Å². The number of amides is 1. The van der Waals surface area contributed by atoms with Gasteiger partial charge in [0.15, 0.2) is 0 Å². The number of piperazine rings is 1. The number of halogens is 3. The highest BCUT2D eigenvalue weighted by Crippen LogP contribution is 2.21. The van der Waals surface area contributed by atoms with Gasteiger partial charge in [-0.15, -0.1) is 0 Å². The zero-order valence-corrected chi connectivity index (χ0v) is 17.9. The monoisotopic (exact) mass is 455 g/mol. The second-order valence-electron chi connectivity index (χ2n) is 7.47. The molecule has 0 unspecified atom stereocenters. The predicted molar refractivity (Wildman–Crippen MR) is 110 cm³/mol. The van der Waals surface area contributed by atoms with E-state index in [0.717, 1.165) is 25.2 Å². The van der Waals surface area contributed by atoms with Crippen LogP contribution in [0.2, 0.25) is 0 Å². The number of nitrogens with zero attached hydrogens (tertiary/aromatic N) is 3. The first kappa shape index (κ1) is 23.2. The van der Waals surface area contributed by atoms with E-state index in [1.165, 1.54) is 22.5 Å². The SMILES string of the molecule is CN(CC(F)(F)F)C(=O)c1cccc(S(=O)(=O)N2CCN(Cc3ccccc3)CC2)c1. The summed E-state index contributed by atoms with van der Waals surface area (Å²) in [7, 11) is -2.83. The Kier molecular flexibility index (Phi) is 7.03. The van der Waals surface area contributed by atoms with Gasteiger partial charge in [-0.1, -0.05) is 36.4 Å². The summed E-state index contributed by atoms with van der Waals surface area (Å²) >= 11 is 0. The summed E-state index contributed by atoms with van der Waals surface area (Å²) in [6.45, 7) is 1.02. The Labute approximate surface area is 179 Å². The number of benzene rings is 2. The lowest BCUT2D eigenvalue weighted by Crippen LogP contribution is -2.48. The van der Waals surface area contributed by atoms with Crippen molar-refractivity contribution >= 4 is 15.9 Å². The topological polar surface area (TPSA) is 60.9 Å². The predicted octanol–water partition coefficient (Wildman–Crippen LogP) is 2.83. The summed E-state index contributed by atoms with van der Waals surface area (Å²) < 4.78 is 65.1. The van der Waals surface area contributed by atoms with Crippen LogP contribution in [0, 0.1) is 0 Å². The van der Waals surface area contributed by atoms with Gasteiger partial charge in [0.05, 0.1) is 4.90 Å². The van der Waals surface area contributed by atoms with Gasteiger partial charge < -0.3 is 4.90 Å². The van der Waals surface area contributed by atoms with Crippen molar-refractivity contribution in [2.45, 2.75) is 17.6 Å². The highest BCUT2D eigenvalue weighted by atomic mass is 32.2. The van der Waals surface area contributed by atoms with Crippen LogP contribution in [-0.4, -0.2) is 74.4 Å². The van der Waals surface area contributed by atoms with Gasteiger partial charge in [-0.25, -0.2) is 8.42 Å². The minimum atomic E-state index is -4.53. The van der Waals surface area contributed by atoms with Crippen LogP contribution in [-0.2, 0) is 16.6 Å². The van der Waals surface area contributed by atoms with Crippen molar-refractivity contribution in [3.05, 3.63) is 65.7 Å². The van der Waals surface area contributed by atoms with Crippen molar-refractivity contribution in [3.8, 4) is 0 Å². The molecular formula is C21H24F3N3O3S. The first-order chi connectivity index (χ1) is 14.6. The van der Waals surface area contributed by atoms with Gasteiger partial charge >= 0.3 is 6.18 Å². The van der Waals surface area contributed by atoms with Crippen LogP contribution in [0.15, 0.2) is 59.5 Å². The van der Waals surface area contributed by atoms with E-state index >= 15 is 0 Å². The molecule has 1 saturated heterocycles.